The van der Waals surface area contributed by atoms with Gasteiger partial charge in [0.25, 0.3) is 0 Å². The van der Waals surface area contributed by atoms with Crippen LogP contribution in [0.25, 0.3) is 0 Å². The third kappa shape index (κ3) is 5.56. The van der Waals surface area contributed by atoms with Gasteiger partial charge in [0.1, 0.15) is 9.88 Å². The molecule has 0 aliphatic rings. The smallest absolute Gasteiger partial charge is 0.347 e. The maximum atomic E-state index is 11.8. The Balaban J connectivity index is 2.63. The first kappa shape index (κ1) is 17.1. The molecule has 20 heavy (non-hydrogen) atoms. The lowest BCUT2D eigenvalue weighted by Crippen LogP contribution is -2.28. The normalized spacial score (nSPS) is 12.6. The van der Waals surface area contributed by atoms with Crippen molar-refractivity contribution in [3.05, 3.63) is 15.6 Å². The maximum absolute atomic E-state index is 11.8. The highest BCUT2D eigenvalue weighted by Gasteiger charge is 2.19. The molecule has 1 aromatic rings. The monoisotopic (exact) mass is 320 g/mol. The predicted molar refractivity (Wildman–Crippen MR) is 78.5 cm³/mol. The molecule has 0 bridgehead atoms. The topological polar surface area (TPSA) is 96.4 Å². The molecule has 0 unspecified atom stereocenters. The molecule has 0 amide bonds. The van der Waals surface area contributed by atoms with Crippen LogP contribution in [0.4, 0.5) is 0 Å². The zero-order valence-corrected chi connectivity index (χ0v) is 13.7. The van der Waals surface area contributed by atoms with E-state index in [1.165, 1.54) is 0 Å². The number of hydrogen-bond acceptors (Lipinski definition) is 5. The van der Waals surface area contributed by atoms with Crippen LogP contribution < -0.4 is 4.72 Å². The molecule has 2 N–H and O–H groups in total. The number of nitrogens with one attached hydrogen (secondary N) is 1. The Hall–Kier alpha value is -0.990. The Labute approximate surface area is 123 Å². The van der Waals surface area contributed by atoms with Gasteiger partial charge in [-0.25, -0.2) is 22.9 Å². The fourth-order valence-electron chi connectivity index (χ4n) is 1.41. The summed E-state index contributed by atoms with van der Waals surface area (Å²) < 4.78 is 26.1. The first-order valence-corrected chi connectivity index (χ1v) is 8.64. The van der Waals surface area contributed by atoms with Crippen LogP contribution in [-0.2, 0) is 16.6 Å². The Bertz CT molecular complexity index is 585. The second kappa shape index (κ2) is 6.19. The van der Waals surface area contributed by atoms with E-state index in [4.69, 9.17) is 5.11 Å². The lowest BCUT2D eigenvalue weighted by atomic mass is 9.94. The molecule has 0 fully saturated rings. The minimum absolute atomic E-state index is 0.0330. The number of aromatic nitrogens is 1. The van der Waals surface area contributed by atoms with Crippen LogP contribution in [0.5, 0.6) is 0 Å². The van der Waals surface area contributed by atoms with Crippen LogP contribution in [0.2, 0.25) is 0 Å². The van der Waals surface area contributed by atoms with Crippen molar-refractivity contribution in [1.29, 1.82) is 0 Å². The molecule has 0 spiro atoms. The molecule has 1 aromatic heterocycles. The third-order valence-electron chi connectivity index (χ3n) is 2.60. The quantitative estimate of drug-likeness (QED) is 0.835. The largest absolute Gasteiger partial charge is 0.477 e. The molecule has 8 heteroatoms. The van der Waals surface area contributed by atoms with Crippen LogP contribution in [0.3, 0.4) is 0 Å². The second-order valence-corrected chi connectivity index (χ2v) is 8.79. The maximum Gasteiger partial charge on any atom is 0.347 e. The van der Waals surface area contributed by atoms with E-state index in [-0.39, 0.29) is 22.6 Å². The number of sulfonamides is 1. The third-order valence-corrected chi connectivity index (χ3v) is 5.07. The van der Waals surface area contributed by atoms with Gasteiger partial charge in [-0.15, -0.1) is 11.3 Å². The predicted octanol–water partition coefficient (Wildman–Crippen LogP) is 2.01. The summed E-state index contributed by atoms with van der Waals surface area (Å²) in [6, 6.07) is 0. The van der Waals surface area contributed by atoms with Crippen LogP contribution in [0.15, 0.2) is 0 Å². The van der Waals surface area contributed by atoms with Gasteiger partial charge in [-0.1, -0.05) is 20.8 Å². The SMILES string of the molecule is Cc1nc(CNS(=O)(=O)CCC(C)(C)C)sc1C(=O)O. The van der Waals surface area contributed by atoms with Crippen molar-refractivity contribution in [2.24, 2.45) is 5.41 Å². The lowest BCUT2D eigenvalue weighted by molar-refractivity contribution is 0.0701. The van der Waals surface area contributed by atoms with Crippen LogP contribution in [-0.4, -0.2) is 30.2 Å². The van der Waals surface area contributed by atoms with Crippen molar-refractivity contribution in [1.82, 2.24) is 9.71 Å². The second-order valence-electron chi connectivity index (χ2n) is 5.78. The molecule has 0 atom stereocenters. The van der Waals surface area contributed by atoms with Gasteiger partial charge in [0.15, 0.2) is 0 Å². The molecular weight excluding hydrogens is 300 g/mol. The summed E-state index contributed by atoms with van der Waals surface area (Å²) in [7, 11) is -3.37. The van der Waals surface area contributed by atoms with Crippen molar-refractivity contribution < 1.29 is 18.3 Å². The van der Waals surface area contributed by atoms with Gasteiger partial charge in [-0.3, -0.25) is 0 Å². The Morgan fingerprint density at radius 2 is 2.00 bits per heavy atom. The van der Waals surface area contributed by atoms with E-state index in [1.807, 2.05) is 20.8 Å². The Morgan fingerprint density at radius 3 is 2.45 bits per heavy atom. The average Bonchev–Trinajstić information content (AvgIpc) is 2.65. The zero-order chi connectivity index (χ0) is 15.6. The summed E-state index contributed by atoms with van der Waals surface area (Å²) in [6.07, 6.45) is 0.555. The highest BCUT2D eigenvalue weighted by molar-refractivity contribution is 7.89. The molecule has 6 nitrogen and oxygen atoms in total. The number of aryl methyl sites for hydroxylation is 1. The van der Waals surface area contributed by atoms with Gasteiger partial charge in [-0.2, -0.15) is 0 Å². The molecule has 0 saturated heterocycles. The summed E-state index contributed by atoms with van der Waals surface area (Å²) in [4.78, 5) is 15.1. The van der Waals surface area contributed by atoms with Crippen LogP contribution >= 0.6 is 11.3 Å². The van der Waals surface area contributed by atoms with Crippen molar-refractivity contribution in [2.75, 3.05) is 5.75 Å². The number of thiazole rings is 1. The number of aromatic carboxylic acids is 1. The summed E-state index contributed by atoms with van der Waals surface area (Å²) in [6.45, 7) is 7.56. The molecular formula is C12H20N2O4S2. The fraction of sp³-hybridized carbons (Fsp3) is 0.667. The van der Waals surface area contributed by atoms with Gasteiger partial charge in [-0.05, 0) is 18.8 Å². The minimum atomic E-state index is -3.37. The first-order chi connectivity index (χ1) is 9.00. The van der Waals surface area contributed by atoms with Gasteiger partial charge in [0, 0.05) is 0 Å². The van der Waals surface area contributed by atoms with E-state index in [2.05, 4.69) is 9.71 Å². The molecule has 0 radical (unpaired) electrons. The minimum Gasteiger partial charge on any atom is -0.477 e. The number of carbonyl (C=O) groups is 1. The molecule has 0 aromatic carbocycles. The first-order valence-electron chi connectivity index (χ1n) is 6.17. The average molecular weight is 320 g/mol. The standard InChI is InChI=1S/C12H20N2O4S2/c1-8-10(11(15)16)19-9(14-8)7-13-20(17,18)6-5-12(2,3)4/h13H,5-7H2,1-4H3,(H,15,16). The lowest BCUT2D eigenvalue weighted by Gasteiger charge is -2.17. The van der Waals surface area contributed by atoms with E-state index in [1.54, 1.807) is 6.92 Å². The summed E-state index contributed by atoms with van der Waals surface area (Å²) in [5.41, 5.74) is 0.356. The van der Waals surface area contributed by atoms with Gasteiger partial charge < -0.3 is 5.11 Å². The highest BCUT2D eigenvalue weighted by Crippen LogP contribution is 2.20. The Morgan fingerprint density at radius 1 is 1.40 bits per heavy atom. The molecule has 0 aliphatic carbocycles. The number of rotatable bonds is 6. The molecule has 114 valence electrons. The highest BCUT2D eigenvalue weighted by atomic mass is 32.2. The van der Waals surface area contributed by atoms with Gasteiger partial charge >= 0.3 is 5.97 Å². The Kier molecular flexibility index (Phi) is 5.28. The molecule has 0 aliphatic heterocycles. The zero-order valence-electron chi connectivity index (χ0n) is 12.1. The number of nitrogens with zero attached hydrogens (tertiary/aromatic N) is 1. The molecule has 1 heterocycles. The van der Waals surface area contributed by atoms with Crippen molar-refractivity contribution in [3.63, 3.8) is 0 Å². The fourth-order valence-corrected chi connectivity index (χ4v) is 3.73. The van der Waals surface area contributed by atoms with Crippen molar-refractivity contribution in [3.8, 4) is 0 Å². The molecule has 0 saturated carbocycles. The van der Waals surface area contributed by atoms with Crippen LogP contribution in [0.1, 0.15) is 47.6 Å². The van der Waals surface area contributed by atoms with Crippen molar-refractivity contribution >= 4 is 27.3 Å². The van der Waals surface area contributed by atoms with Gasteiger partial charge in [0.05, 0.1) is 18.0 Å². The summed E-state index contributed by atoms with van der Waals surface area (Å²) >= 11 is 0.994. The van der Waals surface area contributed by atoms with E-state index in [9.17, 15) is 13.2 Å². The van der Waals surface area contributed by atoms with E-state index < -0.39 is 16.0 Å². The molecule has 1 rings (SSSR count). The number of carboxylic acid groups (broad SMARTS) is 1. The number of carboxylic acids is 1. The van der Waals surface area contributed by atoms with Crippen molar-refractivity contribution in [2.45, 2.75) is 40.7 Å². The van der Waals surface area contributed by atoms with E-state index in [0.29, 0.717) is 17.1 Å². The summed E-state index contributed by atoms with van der Waals surface area (Å²) in [5.74, 6) is -0.992. The van der Waals surface area contributed by atoms with Crippen LogP contribution in [0, 0.1) is 12.3 Å². The van der Waals surface area contributed by atoms with E-state index in [0.717, 1.165) is 11.3 Å². The van der Waals surface area contributed by atoms with Gasteiger partial charge in [0.2, 0.25) is 10.0 Å². The van der Waals surface area contributed by atoms with E-state index >= 15 is 0 Å². The number of hydrogen-bond donors (Lipinski definition) is 2. The summed E-state index contributed by atoms with van der Waals surface area (Å²) in [5, 5.41) is 9.37.